The van der Waals surface area contributed by atoms with Crippen molar-refractivity contribution >= 4 is 26.0 Å². The fourth-order valence-corrected chi connectivity index (χ4v) is 2.64. The maximum atomic E-state index is 12.9. The number of nitrogens with one attached hydrogen (secondary N) is 1. The van der Waals surface area contributed by atoms with Crippen LogP contribution in [-0.2, 0) is 10.0 Å². The minimum atomic E-state index is -3.80. The molecule has 16 heavy (non-hydrogen) atoms. The summed E-state index contributed by atoms with van der Waals surface area (Å²) in [5, 5.41) is 0.426. The summed E-state index contributed by atoms with van der Waals surface area (Å²) in [6, 6.07) is 2.11. The van der Waals surface area contributed by atoms with Crippen molar-refractivity contribution in [2.75, 3.05) is 5.33 Å². The second-order valence-electron chi connectivity index (χ2n) is 3.25. The summed E-state index contributed by atoms with van der Waals surface area (Å²) < 4.78 is 51.1. The van der Waals surface area contributed by atoms with Crippen molar-refractivity contribution in [2.24, 2.45) is 0 Å². The molecule has 1 rings (SSSR count). The van der Waals surface area contributed by atoms with E-state index >= 15 is 0 Å². The molecular formula is C9H10BrF2NO2S. The molecule has 7 heteroatoms. The Morgan fingerprint density at radius 2 is 2.00 bits per heavy atom. The van der Waals surface area contributed by atoms with Crippen LogP contribution in [0.5, 0.6) is 0 Å². The summed E-state index contributed by atoms with van der Waals surface area (Å²) in [7, 11) is -3.80. The van der Waals surface area contributed by atoms with Gasteiger partial charge in [-0.05, 0) is 25.1 Å². The van der Waals surface area contributed by atoms with Gasteiger partial charge in [0.1, 0.15) is 0 Å². The van der Waals surface area contributed by atoms with Crippen molar-refractivity contribution in [3.63, 3.8) is 0 Å². The monoisotopic (exact) mass is 313 g/mol. The third-order valence-electron chi connectivity index (χ3n) is 1.79. The quantitative estimate of drug-likeness (QED) is 0.865. The molecule has 3 nitrogen and oxygen atoms in total. The lowest BCUT2D eigenvalue weighted by atomic mass is 10.3. The molecule has 0 radical (unpaired) electrons. The second kappa shape index (κ2) is 5.20. The van der Waals surface area contributed by atoms with Crippen molar-refractivity contribution < 1.29 is 17.2 Å². The highest BCUT2D eigenvalue weighted by atomic mass is 79.9. The zero-order chi connectivity index (χ0) is 12.3. The van der Waals surface area contributed by atoms with Crippen LogP contribution in [0.2, 0.25) is 0 Å². The highest BCUT2D eigenvalue weighted by molar-refractivity contribution is 9.09. The highest BCUT2D eigenvalue weighted by Gasteiger charge is 2.18. The molecule has 90 valence electrons. The average Bonchev–Trinajstić information content (AvgIpc) is 2.21. The Bertz CT molecular complexity index is 478. The molecule has 0 aliphatic heterocycles. The van der Waals surface area contributed by atoms with Crippen LogP contribution in [0, 0.1) is 11.6 Å². The second-order valence-corrected chi connectivity index (χ2v) is 5.61. The molecule has 0 saturated carbocycles. The lowest BCUT2D eigenvalue weighted by Crippen LogP contribution is -2.33. The van der Waals surface area contributed by atoms with Crippen molar-refractivity contribution in [3.05, 3.63) is 29.8 Å². The number of sulfonamides is 1. The fourth-order valence-electron chi connectivity index (χ4n) is 1.01. The minimum Gasteiger partial charge on any atom is -0.208 e. The van der Waals surface area contributed by atoms with Gasteiger partial charge in [-0.2, -0.15) is 0 Å². The summed E-state index contributed by atoms with van der Waals surface area (Å²) >= 11 is 3.11. The first kappa shape index (κ1) is 13.5. The van der Waals surface area contributed by atoms with Crippen LogP contribution in [-0.4, -0.2) is 19.8 Å². The van der Waals surface area contributed by atoms with Crippen LogP contribution >= 0.6 is 15.9 Å². The summed E-state index contributed by atoms with van der Waals surface area (Å²) in [5.74, 6) is -2.26. The van der Waals surface area contributed by atoms with E-state index in [4.69, 9.17) is 0 Å². The standard InChI is InChI=1S/C9H10BrF2NO2S/c1-6(5-10)13-16(14,15)7-2-3-8(11)9(12)4-7/h2-4,6,13H,5H2,1H3. The van der Waals surface area contributed by atoms with Crippen LogP contribution in [0.4, 0.5) is 8.78 Å². The van der Waals surface area contributed by atoms with E-state index in [1.165, 1.54) is 0 Å². The smallest absolute Gasteiger partial charge is 0.208 e. The van der Waals surface area contributed by atoms with Crippen LogP contribution in [0.3, 0.4) is 0 Å². The summed E-state index contributed by atoms with van der Waals surface area (Å²) in [6.45, 7) is 1.65. The minimum absolute atomic E-state index is 0.292. The number of alkyl halides is 1. The maximum absolute atomic E-state index is 12.9. The molecule has 0 fully saturated rings. The number of benzene rings is 1. The summed E-state index contributed by atoms with van der Waals surface area (Å²) in [4.78, 5) is -0.292. The van der Waals surface area contributed by atoms with Gasteiger partial charge < -0.3 is 0 Å². The van der Waals surface area contributed by atoms with Crippen LogP contribution in [0.15, 0.2) is 23.1 Å². The van der Waals surface area contributed by atoms with Gasteiger partial charge in [0.25, 0.3) is 0 Å². The van der Waals surface area contributed by atoms with Gasteiger partial charge in [0.05, 0.1) is 4.90 Å². The van der Waals surface area contributed by atoms with Gasteiger partial charge in [-0.15, -0.1) is 0 Å². The van der Waals surface area contributed by atoms with Crippen molar-refractivity contribution in [1.82, 2.24) is 4.72 Å². The van der Waals surface area contributed by atoms with Gasteiger partial charge in [0.15, 0.2) is 11.6 Å². The maximum Gasteiger partial charge on any atom is 0.240 e. The molecule has 0 aliphatic rings. The third kappa shape index (κ3) is 3.23. The molecule has 0 aliphatic carbocycles. The average molecular weight is 314 g/mol. The van der Waals surface area contributed by atoms with E-state index in [0.29, 0.717) is 11.4 Å². The van der Waals surface area contributed by atoms with Crippen LogP contribution < -0.4 is 4.72 Å². The van der Waals surface area contributed by atoms with E-state index in [-0.39, 0.29) is 10.9 Å². The Morgan fingerprint density at radius 1 is 1.38 bits per heavy atom. The van der Waals surface area contributed by atoms with Gasteiger partial charge in [0.2, 0.25) is 10.0 Å². The molecule has 0 amide bonds. The van der Waals surface area contributed by atoms with E-state index in [9.17, 15) is 17.2 Å². The van der Waals surface area contributed by atoms with Crippen molar-refractivity contribution in [3.8, 4) is 0 Å². The fraction of sp³-hybridized carbons (Fsp3) is 0.333. The topological polar surface area (TPSA) is 46.2 Å². The molecule has 0 aromatic heterocycles. The lowest BCUT2D eigenvalue weighted by molar-refractivity contribution is 0.504. The van der Waals surface area contributed by atoms with Gasteiger partial charge >= 0.3 is 0 Å². The molecule has 0 spiro atoms. The molecule has 1 atom stereocenters. The molecule has 0 heterocycles. The predicted octanol–water partition coefficient (Wildman–Crippen LogP) is 2.03. The van der Waals surface area contributed by atoms with Gasteiger partial charge in [-0.3, -0.25) is 0 Å². The van der Waals surface area contributed by atoms with Gasteiger partial charge in [0, 0.05) is 11.4 Å². The summed E-state index contributed by atoms with van der Waals surface area (Å²) in [6.07, 6.45) is 0. The Balaban J connectivity index is 3.03. The first-order chi connectivity index (χ1) is 7.36. The molecule has 1 aromatic rings. The molecule has 1 unspecified atom stereocenters. The van der Waals surface area contributed by atoms with Crippen molar-refractivity contribution in [1.29, 1.82) is 0 Å². The Hall–Kier alpha value is -0.530. The number of hydrogen-bond donors (Lipinski definition) is 1. The molecule has 0 saturated heterocycles. The molecule has 1 aromatic carbocycles. The van der Waals surface area contributed by atoms with E-state index in [1.807, 2.05) is 0 Å². The van der Waals surface area contributed by atoms with E-state index in [2.05, 4.69) is 20.7 Å². The molecule has 1 N–H and O–H groups in total. The van der Waals surface area contributed by atoms with E-state index in [0.717, 1.165) is 12.1 Å². The first-order valence-corrected chi connectivity index (χ1v) is 7.00. The van der Waals surface area contributed by atoms with Gasteiger partial charge in [-0.25, -0.2) is 21.9 Å². The summed E-state index contributed by atoms with van der Waals surface area (Å²) in [5.41, 5.74) is 0. The van der Waals surface area contributed by atoms with Crippen LogP contribution in [0.25, 0.3) is 0 Å². The SMILES string of the molecule is CC(CBr)NS(=O)(=O)c1ccc(F)c(F)c1. The highest BCUT2D eigenvalue weighted by Crippen LogP contribution is 2.14. The number of halogens is 3. The van der Waals surface area contributed by atoms with E-state index < -0.39 is 21.7 Å². The van der Waals surface area contributed by atoms with Gasteiger partial charge in [-0.1, -0.05) is 15.9 Å². The third-order valence-corrected chi connectivity index (χ3v) is 4.35. The normalized spacial score (nSPS) is 13.8. The van der Waals surface area contributed by atoms with Crippen molar-refractivity contribution in [2.45, 2.75) is 17.9 Å². The largest absolute Gasteiger partial charge is 0.240 e. The zero-order valence-electron chi connectivity index (χ0n) is 8.38. The molecule has 0 bridgehead atoms. The van der Waals surface area contributed by atoms with E-state index in [1.54, 1.807) is 6.92 Å². The lowest BCUT2D eigenvalue weighted by Gasteiger charge is -2.11. The van der Waals surface area contributed by atoms with Crippen LogP contribution in [0.1, 0.15) is 6.92 Å². The Labute approximate surface area is 101 Å². The number of hydrogen-bond acceptors (Lipinski definition) is 2. The zero-order valence-corrected chi connectivity index (χ0v) is 10.8. The number of rotatable bonds is 4. The molecular weight excluding hydrogens is 304 g/mol. The first-order valence-electron chi connectivity index (χ1n) is 4.40. The Kier molecular flexibility index (Phi) is 4.40. The Morgan fingerprint density at radius 3 is 2.50 bits per heavy atom. The predicted molar refractivity (Wildman–Crippen MR) is 59.9 cm³/mol.